The van der Waals surface area contributed by atoms with Crippen molar-refractivity contribution in [2.24, 2.45) is 0 Å². The van der Waals surface area contributed by atoms with E-state index in [0.717, 1.165) is 25.3 Å². The van der Waals surface area contributed by atoms with E-state index < -0.39 is 9.84 Å². The fraction of sp³-hybridized carbons (Fsp3) is 0.263. The van der Waals surface area contributed by atoms with Crippen LogP contribution in [0.5, 0.6) is 0 Å². The Kier molecular flexibility index (Phi) is 4.34. The van der Waals surface area contributed by atoms with Crippen molar-refractivity contribution in [3.63, 3.8) is 0 Å². The monoisotopic (exact) mass is 369 g/mol. The number of piperazine rings is 1. The van der Waals surface area contributed by atoms with Gasteiger partial charge in [-0.2, -0.15) is 0 Å². The summed E-state index contributed by atoms with van der Waals surface area (Å²) in [7, 11) is -3.40. The number of carbonyl (C=O) groups excluding carboxylic acids is 1. The van der Waals surface area contributed by atoms with Crippen LogP contribution in [0.15, 0.2) is 52.9 Å². The summed E-state index contributed by atoms with van der Waals surface area (Å²) in [5, 5.41) is 1.17. The van der Waals surface area contributed by atoms with E-state index in [1.807, 2.05) is 18.2 Å². The van der Waals surface area contributed by atoms with Crippen LogP contribution in [0.2, 0.25) is 0 Å². The van der Waals surface area contributed by atoms with Gasteiger partial charge in [-0.15, -0.1) is 0 Å². The van der Waals surface area contributed by atoms with E-state index in [-0.39, 0.29) is 10.8 Å². The lowest BCUT2D eigenvalue weighted by Crippen LogP contribution is -2.48. The summed E-state index contributed by atoms with van der Waals surface area (Å²) < 4.78 is 24.0. The van der Waals surface area contributed by atoms with Crippen molar-refractivity contribution in [1.29, 1.82) is 0 Å². The van der Waals surface area contributed by atoms with E-state index in [1.54, 1.807) is 29.3 Å². The first-order valence-electron chi connectivity index (χ1n) is 8.52. The molecule has 26 heavy (non-hydrogen) atoms. The molecule has 0 saturated carbocycles. The van der Waals surface area contributed by atoms with Gasteiger partial charge in [0, 0.05) is 55.5 Å². The average Bonchev–Trinajstić information content (AvgIpc) is 2.98. The van der Waals surface area contributed by atoms with Crippen LogP contribution in [-0.4, -0.2) is 55.3 Å². The number of rotatable bonds is 3. The van der Waals surface area contributed by atoms with Crippen LogP contribution in [0.1, 0.15) is 21.6 Å². The third kappa shape index (κ3) is 3.15. The Hall–Kier alpha value is -2.51. The second kappa shape index (κ2) is 6.66. The summed E-state index contributed by atoms with van der Waals surface area (Å²) in [5.41, 5.74) is 1.98. The number of amides is 1. The molecule has 2 aromatic rings. The molecule has 0 bridgehead atoms. The molecule has 4 rings (SSSR count). The summed E-state index contributed by atoms with van der Waals surface area (Å²) in [4.78, 5) is 21.5. The van der Waals surface area contributed by atoms with E-state index in [2.05, 4.69) is 9.88 Å². The smallest absolute Gasteiger partial charge is 0.254 e. The highest BCUT2D eigenvalue weighted by Gasteiger charge is 2.28. The largest absolute Gasteiger partial charge is 0.336 e. The van der Waals surface area contributed by atoms with Crippen molar-refractivity contribution in [2.45, 2.75) is 11.4 Å². The normalized spacial score (nSPS) is 18.7. The first-order chi connectivity index (χ1) is 12.5. The molecule has 0 N–H and O–H groups in total. The molecule has 0 spiro atoms. The molecule has 1 aromatic heterocycles. The number of hydrogen-bond acceptors (Lipinski definition) is 5. The maximum atomic E-state index is 12.9. The van der Waals surface area contributed by atoms with Gasteiger partial charge in [0.1, 0.15) is 0 Å². The highest BCUT2D eigenvalue weighted by molar-refractivity contribution is 7.94. The molecule has 1 fully saturated rings. The number of fused-ring (bicyclic) bond motifs is 1. The third-order valence-electron chi connectivity index (χ3n) is 4.79. The van der Waals surface area contributed by atoms with Crippen molar-refractivity contribution in [3.8, 4) is 0 Å². The predicted molar refractivity (Wildman–Crippen MR) is 98.1 cm³/mol. The minimum atomic E-state index is -3.40. The van der Waals surface area contributed by atoms with Crippen molar-refractivity contribution < 1.29 is 13.2 Å². The molecule has 7 heteroatoms. The second-order valence-electron chi connectivity index (χ2n) is 6.45. The van der Waals surface area contributed by atoms with Crippen molar-refractivity contribution in [3.05, 3.63) is 64.8 Å². The van der Waals surface area contributed by atoms with Gasteiger partial charge in [0.2, 0.25) is 0 Å². The Balaban J connectivity index is 1.45. The van der Waals surface area contributed by atoms with Gasteiger partial charge in [-0.3, -0.25) is 14.7 Å². The van der Waals surface area contributed by atoms with Crippen molar-refractivity contribution in [2.75, 3.05) is 26.2 Å². The lowest BCUT2D eigenvalue weighted by Gasteiger charge is -2.34. The minimum Gasteiger partial charge on any atom is -0.336 e. The Morgan fingerprint density at radius 2 is 1.85 bits per heavy atom. The molecule has 1 saturated heterocycles. The zero-order valence-electron chi connectivity index (χ0n) is 14.2. The first kappa shape index (κ1) is 16.9. The Morgan fingerprint density at radius 3 is 2.58 bits per heavy atom. The standard InChI is InChI=1S/C19H19N3O3S/c23-19(17-5-3-6-18-16(17)7-13-26(18,24)25)22-11-9-21(10-12-22)14-15-4-1-2-8-20-15/h1-8,13H,9-12,14H2. The number of sulfone groups is 1. The highest BCUT2D eigenvalue weighted by atomic mass is 32.2. The molecule has 1 aromatic carbocycles. The van der Waals surface area contributed by atoms with Crippen LogP contribution >= 0.6 is 0 Å². The number of hydrogen-bond donors (Lipinski definition) is 0. The zero-order valence-corrected chi connectivity index (χ0v) is 15.0. The SMILES string of the molecule is O=C(c1cccc2c1C=CS2(=O)=O)N1CCN(Cc2ccccn2)CC1. The van der Waals surface area contributed by atoms with Crippen LogP contribution in [0.25, 0.3) is 6.08 Å². The minimum absolute atomic E-state index is 0.110. The van der Waals surface area contributed by atoms with Crippen LogP contribution in [0.4, 0.5) is 0 Å². The van der Waals surface area contributed by atoms with Gasteiger partial charge in [-0.1, -0.05) is 12.1 Å². The molecular formula is C19H19N3O3S. The van der Waals surface area contributed by atoms with E-state index >= 15 is 0 Å². The van der Waals surface area contributed by atoms with Crippen LogP contribution in [0.3, 0.4) is 0 Å². The van der Waals surface area contributed by atoms with E-state index in [9.17, 15) is 13.2 Å². The van der Waals surface area contributed by atoms with Crippen LogP contribution in [0, 0.1) is 0 Å². The quantitative estimate of drug-likeness (QED) is 0.825. The fourth-order valence-electron chi connectivity index (χ4n) is 3.38. The summed E-state index contributed by atoms with van der Waals surface area (Å²) in [6, 6.07) is 10.7. The first-order valence-corrected chi connectivity index (χ1v) is 10.1. The van der Waals surface area contributed by atoms with Gasteiger partial charge in [-0.25, -0.2) is 8.42 Å². The molecule has 2 aliphatic heterocycles. The molecule has 0 atom stereocenters. The molecule has 3 heterocycles. The highest BCUT2D eigenvalue weighted by Crippen LogP contribution is 2.30. The average molecular weight is 369 g/mol. The molecule has 0 unspecified atom stereocenters. The third-order valence-corrected chi connectivity index (χ3v) is 6.25. The number of aromatic nitrogens is 1. The topological polar surface area (TPSA) is 70.6 Å². The molecule has 0 aliphatic carbocycles. The molecular weight excluding hydrogens is 350 g/mol. The maximum absolute atomic E-state index is 12.9. The van der Waals surface area contributed by atoms with E-state index in [4.69, 9.17) is 0 Å². The summed E-state index contributed by atoms with van der Waals surface area (Å²) in [6.45, 7) is 3.54. The van der Waals surface area contributed by atoms with Crippen molar-refractivity contribution >= 4 is 21.8 Å². The number of nitrogens with zero attached hydrogens (tertiary/aromatic N) is 3. The number of carbonyl (C=O) groups is 1. The van der Waals surface area contributed by atoms with Gasteiger partial charge in [0.05, 0.1) is 10.6 Å². The Labute approximate surface area is 152 Å². The maximum Gasteiger partial charge on any atom is 0.254 e. The molecule has 1 amide bonds. The second-order valence-corrected chi connectivity index (χ2v) is 8.26. The van der Waals surface area contributed by atoms with E-state index in [1.165, 1.54) is 11.5 Å². The summed E-state index contributed by atoms with van der Waals surface area (Å²) in [6.07, 6.45) is 3.31. The Morgan fingerprint density at radius 1 is 1.04 bits per heavy atom. The summed E-state index contributed by atoms with van der Waals surface area (Å²) in [5.74, 6) is -0.110. The predicted octanol–water partition coefficient (Wildman–Crippen LogP) is 1.80. The fourth-order valence-corrected chi connectivity index (χ4v) is 4.60. The number of benzene rings is 1. The van der Waals surface area contributed by atoms with Gasteiger partial charge in [0.25, 0.3) is 5.91 Å². The van der Waals surface area contributed by atoms with Crippen molar-refractivity contribution in [1.82, 2.24) is 14.8 Å². The number of pyridine rings is 1. The molecule has 134 valence electrons. The van der Waals surface area contributed by atoms with Gasteiger partial charge in [-0.05, 0) is 30.3 Å². The van der Waals surface area contributed by atoms with Gasteiger partial charge in [0.15, 0.2) is 9.84 Å². The van der Waals surface area contributed by atoms with Gasteiger partial charge >= 0.3 is 0 Å². The molecule has 0 radical (unpaired) electrons. The van der Waals surface area contributed by atoms with E-state index in [0.29, 0.717) is 24.2 Å². The molecule has 6 nitrogen and oxygen atoms in total. The zero-order chi connectivity index (χ0) is 18.1. The summed E-state index contributed by atoms with van der Waals surface area (Å²) >= 11 is 0. The Bertz CT molecular complexity index is 963. The van der Waals surface area contributed by atoms with Gasteiger partial charge < -0.3 is 4.90 Å². The van der Waals surface area contributed by atoms with Crippen LogP contribution < -0.4 is 0 Å². The lowest BCUT2D eigenvalue weighted by molar-refractivity contribution is 0.0626. The molecule has 2 aliphatic rings. The van der Waals surface area contributed by atoms with Crippen LogP contribution in [-0.2, 0) is 16.4 Å². The lowest BCUT2D eigenvalue weighted by atomic mass is 10.1.